The Morgan fingerprint density at radius 1 is 1.48 bits per heavy atom. The molecule has 1 aromatic carbocycles. The van der Waals surface area contributed by atoms with E-state index in [1.807, 2.05) is 29.8 Å². The van der Waals surface area contributed by atoms with Gasteiger partial charge in [0.2, 0.25) is 11.8 Å². The molecule has 1 unspecified atom stereocenters. The van der Waals surface area contributed by atoms with Crippen molar-refractivity contribution in [3.8, 4) is 5.75 Å². The van der Waals surface area contributed by atoms with E-state index in [1.165, 1.54) is 11.3 Å². The number of H-pyrrole nitrogens is 1. The Morgan fingerprint density at radius 2 is 2.37 bits per heavy atom. The van der Waals surface area contributed by atoms with Crippen molar-refractivity contribution >= 4 is 39.2 Å². The van der Waals surface area contributed by atoms with E-state index in [2.05, 4.69) is 15.3 Å². The summed E-state index contributed by atoms with van der Waals surface area (Å²) in [7, 11) is 1.64. The molecule has 1 aliphatic rings. The Morgan fingerprint density at radius 3 is 3.15 bits per heavy atom. The highest BCUT2D eigenvalue weighted by Gasteiger charge is 2.35. The van der Waals surface area contributed by atoms with Crippen LogP contribution in [0.15, 0.2) is 36.0 Å². The van der Waals surface area contributed by atoms with Crippen LogP contribution in [0.5, 0.6) is 5.75 Å². The van der Waals surface area contributed by atoms with Crippen LogP contribution in [-0.4, -0.2) is 42.0 Å². The van der Waals surface area contributed by atoms with Gasteiger partial charge < -0.3 is 15.0 Å². The normalized spacial score (nSPS) is 16.9. The van der Waals surface area contributed by atoms with Crippen molar-refractivity contribution in [2.24, 2.45) is 5.92 Å². The third-order valence-electron chi connectivity index (χ3n) is 4.81. The van der Waals surface area contributed by atoms with Gasteiger partial charge in [-0.1, -0.05) is 0 Å². The molecule has 2 aromatic heterocycles. The number of hydrogen-bond acceptors (Lipinski definition) is 5. The van der Waals surface area contributed by atoms with E-state index in [4.69, 9.17) is 4.74 Å². The number of aromatic nitrogens is 2. The summed E-state index contributed by atoms with van der Waals surface area (Å²) in [4.78, 5) is 33.6. The second-order valence-corrected chi connectivity index (χ2v) is 7.36. The van der Waals surface area contributed by atoms with Gasteiger partial charge in [-0.2, -0.15) is 0 Å². The number of carbonyl (C=O) groups excluding carboxylic acids is 2. The van der Waals surface area contributed by atoms with Crippen molar-refractivity contribution in [3.05, 3.63) is 41.5 Å². The maximum absolute atomic E-state index is 12.5. The summed E-state index contributed by atoms with van der Waals surface area (Å²) in [5, 5.41) is 6.54. The molecule has 1 atom stereocenters. The van der Waals surface area contributed by atoms with Crippen LogP contribution in [0.4, 0.5) is 5.13 Å². The van der Waals surface area contributed by atoms with E-state index in [1.54, 1.807) is 18.2 Å². The van der Waals surface area contributed by atoms with Crippen molar-refractivity contribution < 1.29 is 14.3 Å². The molecule has 7 nitrogen and oxygen atoms in total. The van der Waals surface area contributed by atoms with Crippen LogP contribution in [0.1, 0.15) is 12.0 Å². The lowest BCUT2D eigenvalue weighted by molar-refractivity contribution is -0.126. The molecule has 2 amide bonds. The molecule has 3 aromatic rings. The number of carbonyl (C=O) groups is 2. The first-order valence-electron chi connectivity index (χ1n) is 8.77. The second kappa shape index (κ2) is 7.40. The summed E-state index contributed by atoms with van der Waals surface area (Å²) in [6.45, 7) is 0.910. The third-order valence-corrected chi connectivity index (χ3v) is 5.61. The van der Waals surface area contributed by atoms with Crippen LogP contribution in [0.3, 0.4) is 0 Å². The van der Waals surface area contributed by atoms with E-state index in [0.717, 1.165) is 22.2 Å². The number of rotatable bonds is 6. The number of anilines is 1. The molecule has 4 rings (SSSR count). The van der Waals surface area contributed by atoms with Crippen molar-refractivity contribution in [3.63, 3.8) is 0 Å². The fourth-order valence-corrected chi connectivity index (χ4v) is 4.04. The predicted octanol–water partition coefficient (Wildman–Crippen LogP) is 2.34. The third kappa shape index (κ3) is 3.52. The number of nitrogens with zero attached hydrogens (tertiary/aromatic N) is 2. The number of methoxy groups -OCH3 is 1. The lowest BCUT2D eigenvalue weighted by Gasteiger charge is -2.13. The highest BCUT2D eigenvalue weighted by Crippen LogP contribution is 2.27. The highest BCUT2D eigenvalue weighted by molar-refractivity contribution is 7.13. The molecule has 1 saturated heterocycles. The van der Waals surface area contributed by atoms with Gasteiger partial charge in [-0.3, -0.25) is 14.5 Å². The molecule has 0 spiro atoms. The minimum Gasteiger partial charge on any atom is -0.497 e. The minimum absolute atomic E-state index is 0.0474. The molecule has 27 heavy (non-hydrogen) atoms. The molecule has 1 aliphatic heterocycles. The van der Waals surface area contributed by atoms with Gasteiger partial charge in [0, 0.05) is 48.2 Å². The largest absolute Gasteiger partial charge is 0.497 e. The molecule has 8 heteroatoms. The Labute approximate surface area is 160 Å². The first-order chi connectivity index (χ1) is 13.2. The van der Waals surface area contributed by atoms with Gasteiger partial charge in [0.05, 0.1) is 13.0 Å². The standard InChI is InChI=1S/C19H20N4O3S/c1-26-14-2-3-16-15(9-14)12(10-22-16)4-5-20-18(25)13-8-17(24)23(11-13)19-21-6-7-27-19/h2-3,6-7,9-10,13,22H,4-5,8,11H2,1H3,(H,20,25). The number of thiazole rings is 1. The monoisotopic (exact) mass is 384 g/mol. The Kier molecular flexibility index (Phi) is 4.81. The molecule has 1 fully saturated rings. The fraction of sp³-hybridized carbons (Fsp3) is 0.316. The van der Waals surface area contributed by atoms with E-state index < -0.39 is 0 Å². The highest BCUT2D eigenvalue weighted by atomic mass is 32.1. The number of aromatic amines is 1. The summed E-state index contributed by atoms with van der Waals surface area (Å²) in [6.07, 6.45) is 4.56. The van der Waals surface area contributed by atoms with E-state index >= 15 is 0 Å². The summed E-state index contributed by atoms with van der Waals surface area (Å²) >= 11 is 1.41. The minimum atomic E-state index is -0.329. The quantitative estimate of drug-likeness (QED) is 0.683. The lowest BCUT2D eigenvalue weighted by Crippen LogP contribution is -2.34. The Hall–Kier alpha value is -2.87. The zero-order valence-corrected chi connectivity index (χ0v) is 15.7. The van der Waals surface area contributed by atoms with Crippen LogP contribution >= 0.6 is 11.3 Å². The predicted molar refractivity (Wildman–Crippen MR) is 104 cm³/mol. The van der Waals surface area contributed by atoms with Crippen molar-refractivity contribution in [2.45, 2.75) is 12.8 Å². The summed E-state index contributed by atoms with van der Waals surface area (Å²) < 4.78 is 5.28. The average Bonchev–Trinajstić information content (AvgIpc) is 3.41. The Balaban J connectivity index is 1.34. The zero-order valence-electron chi connectivity index (χ0n) is 14.9. The van der Waals surface area contributed by atoms with Crippen molar-refractivity contribution in [1.29, 1.82) is 0 Å². The molecule has 0 saturated carbocycles. The SMILES string of the molecule is COc1ccc2[nH]cc(CCNC(=O)C3CC(=O)N(c4nccs4)C3)c2c1. The fourth-order valence-electron chi connectivity index (χ4n) is 3.37. The topological polar surface area (TPSA) is 87.3 Å². The van der Waals surface area contributed by atoms with Crippen LogP contribution in [0.25, 0.3) is 10.9 Å². The molecule has 0 radical (unpaired) electrons. The van der Waals surface area contributed by atoms with Crippen molar-refractivity contribution in [2.75, 3.05) is 25.1 Å². The first kappa shape index (κ1) is 17.5. The summed E-state index contributed by atoms with van der Waals surface area (Å²) in [5.41, 5.74) is 2.16. The van der Waals surface area contributed by atoms with Gasteiger partial charge >= 0.3 is 0 Å². The number of nitrogens with one attached hydrogen (secondary N) is 2. The number of hydrogen-bond donors (Lipinski definition) is 2. The van der Waals surface area contributed by atoms with Crippen LogP contribution in [0, 0.1) is 5.92 Å². The number of benzene rings is 1. The molecule has 0 aliphatic carbocycles. The van der Waals surface area contributed by atoms with Crippen LogP contribution in [-0.2, 0) is 16.0 Å². The van der Waals surface area contributed by atoms with E-state index in [0.29, 0.717) is 24.6 Å². The van der Waals surface area contributed by atoms with Gasteiger partial charge in [-0.15, -0.1) is 11.3 Å². The van der Waals surface area contributed by atoms with Gasteiger partial charge in [0.15, 0.2) is 5.13 Å². The number of ether oxygens (including phenoxy) is 1. The average molecular weight is 384 g/mol. The molecule has 2 N–H and O–H groups in total. The summed E-state index contributed by atoms with van der Waals surface area (Å²) in [6, 6.07) is 5.88. The molecule has 3 heterocycles. The number of amides is 2. The molecular weight excluding hydrogens is 364 g/mol. The lowest BCUT2D eigenvalue weighted by atomic mass is 10.1. The second-order valence-electron chi connectivity index (χ2n) is 6.49. The van der Waals surface area contributed by atoms with E-state index in [9.17, 15) is 9.59 Å². The van der Waals surface area contributed by atoms with Crippen molar-refractivity contribution in [1.82, 2.24) is 15.3 Å². The molecule has 0 bridgehead atoms. The molecule has 140 valence electrons. The summed E-state index contributed by atoms with van der Waals surface area (Å²) in [5.74, 6) is 0.345. The van der Waals surface area contributed by atoms with Crippen LogP contribution < -0.4 is 15.0 Å². The zero-order chi connectivity index (χ0) is 18.8. The smallest absolute Gasteiger partial charge is 0.229 e. The maximum atomic E-state index is 12.5. The maximum Gasteiger partial charge on any atom is 0.229 e. The Bertz CT molecular complexity index is 967. The molecular formula is C19H20N4O3S. The first-order valence-corrected chi connectivity index (χ1v) is 9.65. The van der Waals surface area contributed by atoms with Gasteiger partial charge in [-0.05, 0) is 30.2 Å². The number of fused-ring (bicyclic) bond motifs is 1. The van der Waals surface area contributed by atoms with Crippen LogP contribution in [0.2, 0.25) is 0 Å². The van der Waals surface area contributed by atoms with E-state index in [-0.39, 0.29) is 24.2 Å². The van der Waals surface area contributed by atoms with Gasteiger partial charge in [-0.25, -0.2) is 4.98 Å². The van der Waals surface area contributed by atoms with Gasteiger partial charge in [0.25, 0.3) is 0 Å². The van der Waals surface area contributed by atoms with Gasteiger partial charge in [0.1, 0.15) is 5.75 Å².